The maximum Gasteiger partial charge on any atom is 0.220 e. The number of aryl methyl sites for hydroxylation is 1. The summed E-state index contributed by atoms with van der Waals surface area (Å²) in [7, 11) is 0. The van der Waals surface area contributed by atoms with Crippen LogP contribution in [0.2, 0.25) is 0 Å². The second kappa shape index (κ2) is 7.63. The lowest BCUT2D eigenvalue weighted by Crippen LogP contribution is -2.25. The van der Waals surface area contributed by atoms with Gasteiger partial charge >= 0.3 is 0 Å². The van der Waals surface area contributed by atoms with E-state index in [9.17, 15) is 13.6 Å². The van der Waals surface area contributed by atoms with E-state index >= 15 is 0 Å². The Labute approximate surface area is 163 Å². The normalized spacial score (nSPS) is 13.6. The van der Waals surface area contributed by atoms with Crippen LogP contribution in [0.3, 0.4) is 0 Å². The highest BCUT2D eigenvalue weighted by molar-refractivity contribution is 7.71. The Morgan fingerprint density at radius 3 is 2.96 bits per heavy atom. The van der Waals surface area contributed by atoms with Gasteiger partial charge < -0.3 is 9.73 Å². The third-order valence-corrected chi connectivity index (χ3v) is 4.74. The zero-order valence-corrected chi connectivity index (χ0v) is 15.6. The van der Waals surface area contributed by atoms with Crippen LogP contribution in [0.4, 0.5) is 8.78 Å². The van der Waals surface area contributed by atoms with Crippen molar-refractivity contribution in [2.75, 3.05) is 0 Å². The van der Waals surface area contributed by atoms with Gasteiger partial charge in [-0.1, -0.05) is 0 Å². The average Bonchev–Trinajstić information content (AvgIpc) is 3.26. The van der Waals surface area contributed by atoms with Gasteiger partial charge in [-0.15, -0.1) is 0 Å². The minimum absolute atomic E-state index is 0.118. The van der Waals surface area contributed by atoms with Crippen molar-refractivity contribution in [3.05, 3.63) is 52.5 Å². The number of benzene rings is 1. The van der Waals surface area contributed by atoms with E-state index in [0.717, 1.165) is 25.0 Å². The van der Waals surface area contributed by atoms with Crippen molar-refractivity contribution in [2.24, 2.45) is 0 Å². The zero-order chi connectivity index (χ0) is 19.7. The third-order valence-electron chi connectivity index (χ3n) is 4.45. The van der Waals surface area contributed by atoms with E-state index in [2.05, 4.69) is 20.5 Å². The molecule has 1 aliphatic rings. The fraction of sp³-hybridized carbons (Fsp3) is 0.333. The molecule has 2 heterocycles. The predicted octanol–water partition coefficient (Wildman–Crippen LogP) is 3.46. The molecule has 2 aromatic heterocycles. The minimum Gasteiger partial charge on any atom is -0.441 e. The summed E-state index contributed by atoms with van der Waals surface area (Å²) in [4.78, 5) is 16.2. The number of oxazole rings is 1. The van der Waals surface area contributed by atoms with Crippen molar-refractivity contribution >= 4 is 18.1 Å². The Morgan fingerprint density at radius 1 is 1.39 bits per heavy atom. The smallest absolute Gasteiger partial charge is 0.220 e. The SMILES string of the molecule is O=C(CCc1ncc(-c2ccc(F)cc2F)o1)NCc1n[nH]c(=S)n1C1CC1. The standard InChI is InChI=1S/C18H17F2N5O2S/c19-10-1-4-12(13(20)7-10)14-8-22-17(27-14)6-5-16(26)21-9-15-23-24-18(28)25(15)11-2-3-11/h1,4,7-8,11H,2-3,5-6,9H2,(H,21,26)(H,24,28). The van der Waals surface area contributed by atoms with Crippen LogP contribution < -0.4 is 5.32 Å². The number of hydrogen-bond acceptors (Lipinski definition) is 5. The summed E-state index contributed by atoms with van der Waals surface area (Å²) in [5, 5.41) is 9.71. The number of carbonyl (C=O) groups is 1. The van der Waals surface area contributed by atoms with Gasteiger partial charge in [0.25, 0.3) is 0 Å². The fourth-order valence-electron chi connectivity index (χ4n) is 2.90. The van der Waals surface area contributed by atoms with Gasteiger partial charge in [0.2, 0.25) is 5.91 Å². The lowest BCUT2D eigenvalue weighted by molar-refractivity contribution is -0.121. The molecule has 0 atom stereocenters. The molecule has 2 N–H and O–H groups in total. The van der Waals surface area contributed by atoms with Crippen LogP contribution in [0.25, 0.3) is 11.3 Å². The lowest BCUT2D eigenvalue weighted by Gasteiger charge is -2.06. The molecular weight excluding hydrogens is 388 g/mol. The van der Waals surface area contributed by atoms with E-state index in [1.54, 1.807) is 0 Å². The molecule has 10 heteroatoms. The van der Waals surface area contributed by atoms with E-state index < -0.39 is 11.6 Å². The van der Waals surface area contributed by atoms with Gasteiger partial charge in [0, 0.05) is 24.9 Å². The van der Waals surface area contributed by atoms with Crippen molar-refractivity contribution in [3.63, 3.8) is 0 Å². The number of aromatic nitrogens is 4. The molecule has 0 saturated heterocycles. The van der Waals surface area contributed by atoms with Crippen LogP contribution in [0.1, 0.15) is 37.0 Å². The first-order valence-corrected chi connectivity index (χ1v) is 9.24. The van der Waals surface area contributed by atoms with E-state index in [0.29, 0.717) is 22.5 Å². The maximum atomic E-state index is 13.8. The molecule has 0 aliphatic heterocycles. The molecule has 1 saturated carbocycles. The van der Waals surface area contributed by atoms with E-state index in [-0.39, 0.29) is 36.6 Å². The van der Waals surface area contributed by atoms with Crippen LogP contribution in [0.5, 0.6) is 0 Å². The second-order valence-electron chi connectivity index (χ2n) is 6.57. The highest BCUT2D eigenvalue weighted by Crippen LogP contribution is 2.35. The monoisotopic (exact) mass is 405 g/mol. The van der Waals surface area contributed by atoms with E-state index in [1.165, 1.54) is 12.3 Å². The third kappa shape index (κ3) is 4.01. The molecule has 7 nitrogen and oxygen atoms in total. The van der Waals surface area contributed by atoms with Gasteiger partial charge in [0.05, 0.1) is 18.3 Å². The molecule has 0 spiro atoms. The Morgan fingerprint density at radius 2 is 2.21 bits per heavy atom. The fourth-order valence-corrected chi connectivity index (χ4v) is 3.20. The molecule has 146 valence electrons. The molecule has 0 unspecified atom stereocenters. The second-order valence-corrected chi connectivity index (χ2v) is 6.95. The van der Waals surface area contributed by atoms with Gasteiger partial charge in [-0.2, -0.15) is 5.10 Å². The van der Waals surface area contributed by atoms with Gasteiger partial charge in [0.1, 0.15) is 11.6 Å². The summed E-state index contributed by atoms with van der Waals surface area (Å²) in [5.41, 5.74) is 0.118. The van der Waals surface area contributed by atoms with Gasteiger partial charge in [-0.3, -0.25) is 14.5 Å². The molecular formula is C18H17F2N5O2S. The number of H-pyrrole nitrogens is 1. The van der Waals surface area contributed by atoms with Crippen molar-refractivity contribution in [3.8, 4) is 11.3 Å². The van der Waals surface area contributed by atoms with Gasteiger partial charge in [-0.25, -0.2) is 13.8 Å². The summed E-state index contributed by atoms with van der Waals surface area (Å²) in [6.45, 7) is 0.278. The number of hydrogen-bond donors (Lipinski definition) is 2. The van der Waals surface area contributed by atoms with Crippen LogP contribution >= 0.6 is 12.2 Å². The number of nitrogens with zero attached hydrogens (tertiary/aromatic N) is 3. The van der Waals surface area contributed by atoms with Crippen molar-refractivity contribution in [1.82, 2.24) is 25.1 Å². The Hall–Kier alpha value is -2.88. The Kier molecular flexibility index (Phi) is 5.03. The van der Waals surface area contributed by atoms with Crippen LogP contribution in [-0.4, -0.2) is 25.7 Å². The first-order chi connectivity index (χ1) is 13.5. The number of nitrogens with one attached hydrogen (secondary N) is 2. The lowest BCUT2D eigenvalue weighted by atomic mass is 10.2. The number of halogens is 2. The first kappa shape index (κ1) is 18.5. The zero-order valence-electron chi connectivity index (χ0n) is 14.7. The predicted molar refractivity (Wildman–Crippen MR) is 97.7 cm³/mol. The number of amides is 1. The molecule has 1 fully saturated rings. The summed E-state index contributed by atoms with van der Waals surface area (Å²) in [6.07, 6.45) is 3.90. The van der Waals surface area contributed by atoms with Crippen molar-refractivity contribution < 1.29 is 18.0 Å². The minimum atomic E-state index is -0.732. The highest BCUT2D eigenvalue weighted by Gasteiger charge is 2.27. The molecule has 1 aliphatic carbocycles. The van der Waals surface area contributed by atoms with Gasteiger partial charge in [-0.05, 0) is 37.2 Å². The Balaban J connectivity index is 1.32. The summed E-state index contributed by atoms with van der Waals surface area (Å²) >= 11 is 5.21. The molecule has 3 aromatic rings. The Bertz CT molecular complexity index is 1070. The molecule has 28 heavy (non-hydrogen) atoms. The van der Waals surface area contributed by atoms with Gasteiger partial charge in [0.15, 0.2) is 22.2 Å². The molecule has 0 radical (unpaired) electrons. The molecule has 4 rings (SSSR count). The first-order valence-electron chi connectivity index (χ1n) is 8.84. The van der Waals surface area contributed by atoms with Crippen molar-refractivity contribution in [1.29, 1.82) is 0 Å². The summed E-state index contributed by atoms with van der Waals surface area (Å²) in [6, 6.07) is 3.58. The summed E-state index contributed by atoms with van der Waals surface area (Å²) < 4.78 is 34.8. The van der Waals surface area contributed by atoms with E-state index in [4.69, 9.17) is 16.6 Å². The molecule has 1 amide bonds. The maximum absolute atomic E-state index is 13.8. The summed E-state index contributed by atoms with van der Waals surface area (Å²) in [5.74, 6) is -0.400. The van der Waals surface area contributed by atoms with Crippen LogP contribution in [0.15, 0.2) is 28.8 Å². The number of rotatable bonds is 7. The average molecular weight is 405 g/mol. The molecule has 0 bridgehead atoms. The number of aromatic amines is 1. The topological polar surface area (TPSA) is 88.7 Å². The largest absolute Gasteiger partial charge is 0.441 e. The highest BCUT2D eigenvalue weighted by atomic mass is 32.1. The van der Waals surface area contributed by atoms with Crippen LogP contribution in [0, 0.1) is 16.4 Å². The van der Waals surface area contributed by atoms with Crippen LogP contribution in [-0.2, 0) is 17.8 Å². The van der Waals surface area contributed by atoms with Crippen molar-refractivity contribution in [2.45, 2.75) is 38.3 Å². The van der Waals surface area contributed by atoms with E-state index in [1.807, 2.05) is 4.57 Å². The number of carbonyl (C=O) groups excluding carboxylic acids is 1. The molecule has 1 aromatic carbocycles. The quantitative estimate of drug-likeness (QED) is 0.588.